The predicted molar refractivity (Wildman–Crippen MR) is 143 cm³/mol. The Labute approximate surface area is 222 Å². The van der Waals surface area contributed by atoms with Crippen molar-refractivity contribution < 1.29 is 23.9 Å². The van der Waals surface area contributed by atoms with Crippen molar-refractivity contribution in [3.05, 3.63) is 53.9 Å². The number of imide groups is 1. The number of para-hydroxylation sites is 1. The van der Waals surface area contributed by atoms with Crippen molar-refractivity contribution in [1.29, 1.82) is 0 Å². The van der Waals surface area contributed by atoms with Crippen LogP contribution in [0.4, 0.5) is 4.79 Å². The molecule has 3 amide bonds. The third kappa shape index (κ3) is 5.91. The normalized spacial score (nSPS) is 15.9. The summed E-state index contributed by atoms with van der Waals surface area (Å²) in [6, 6.07) is 5.51. The van der Waals surface area contributed by atoms with Crippen LogP contribution < -0.4 is 5.73 Å². The van der Waals surface area contributed by atoms with E-state index in [9.17, 15) is 19.5 Å². The molecule has 0 unspecified atom stereocenters. The summed E-state index contributed by atoms with van der Waals surface area (Å²) < 4.78 is 7.61. The number of carboxylic acid groups (broad SMARTS) is 1. The lowest BCUT2D eigenvalue weighted by molar-refractivity contribution is -0.133. The van der Waals surface area contributed by atoms with Gasteiger partial charge in [0.05, 0.1) is 12.2 Å². The van der Waals surface area contributed by atoms with Crippen LogP contribution in [0.2, 0.25) is 0 Å². The van der Waals surface area contributed by atoms with Gasteiger partial charge in [0.15, 0.2) is 0 Å². The Morgan fingerprint density at radius 3 is 2.45 bits per heavy atom. The van der Waals surface area contributed by atoms with Crippen LogP contribution in [0.5, 0.6) is 0 Å². The van der Waals surface area contributed by atoms with Gasteiger partial charge in [-0.3, -0.25) is 4.79 Å². The first-order valence-corrected chi connectivity index (χ1v) is 13.3. The summed E-state index contributed by atoms with van der Waals surface area (Å²) in [6.45, 7) is 5.01. The zero-order valence-corrected chi connectivity index (χ0v) is 22.3. The van der Waals surface area contributed by atoms with E-state index in [1.807, 2.05) is 55.9 Å². The molecule has 38 heavy (non-hydrogen) atoms. The Morgan fingerprint density at radius 2 is 1.82 bits per heavy atom. The summed E-state index contributed by atoms with van der Waals surface area (Å²) in [7, 11) is 1.93. The molecule has 2 aromatic heterocycles. The number of benzene rings is 1. The van der Waals surface area contributed by atoms with E-state index in [-0.39, 0.29) is 24.0 Å². The number of carboxylic acids is 1. The summed E-state index contributed by atoms with van der Waals surface area (Å²) in [4.78, 5) is 46.7. The lowest BCUT2D eigenvalue weighted by Crippen LogP contribution is -2.54. The molecule has 1 aliphatic heterocycles. The number of amides is 3. The number of aromatic nitrogens is 2. The summed E-state index contributed by atoms with van der Waals surface area (Å²) in [5, 5.41) is 10.4. The van der Waals surface area contributed by atoms with E-state index in [1.54, 1.807) is 4.90 Å². The lowest BCUT2D eigenvalue weighted by Gasteiger charge is -2.34. The van der Waals surface area contributed by atoms with Crippen LogP contribution in [0.3, 0.4) is 0 Å². The molecule has 10 nitrogen and oxygen atoms in total. The third-order valence-corrected chi connectivity index (χ3v) is 7.09. The van der Waals surface area contributed by atoms with Crippen molar-refractivity contribution in [2.24, 2.45) is 18.7 Å². The van der Waals surface area contributed by atoms with Crippen molar-refractivity contribution >= 4 is 28.8 Å². The van der Waals surface area contributed by atoms with Crippen molar-refractivity contribution in [3.8, 4) is 0 Å². The maximum absolute atomic E-state index is 14.1. The molecular weight excluding hydrogens is 486 g/mol. The molecule has 0 radical (unpaired) electrons. The number of fused-ring (bicyclic) bond motifs is 1. The lowest BCUT2D eigenvalue weighted by atomic mass is 10.00. The molecule has 10 heteroatoms. The molecule has 0 saturated carbocycles. The zero-order chi connectivity index (χ0) is 27.4. The molecule has 4 rings (SSSR count). The number of aromatic carboxylic acids is 1. The van der Waals surface area contributed by atoms with Gasteiger partial charge in [-0.1, -0.05) is 44.9 Å². The zero-order valence-electron chi connectivity index (χ0n) is 22.3. The van der Waals surface area contributed by atoms with Crippen LogP contribution in [0.25, 0.3) is 10.9 Å². The van der Waals surface area contributed by atoms with Crippen molar-refractivity contribution in [2.45, 2.75) is 64.5 Å². The smallest absolute Gasteiger partial charge is 0.373 e. The molecule has 0 aliphatic carbocycles. The number of nitrogens with zero attached hydrogens (tertiary/aromatic N) is 4. The number of oxazole rings is 1. The Balaban J connectivity index is 1.82. The highest BCUT2D eigenvalue weighted by Crippen LogP contribution is 2.32. The Hall–Kier alpha value is -3.66. The van der Waals surface area contributed by atoms with Crippen molar-refractivity contribution in [3.63, 3.8) is 0 Å². The molecule has 204 valence electrons. The Kier molecular flexibility index (Phi) is 8.51. The largest absolute Gasteiger partial charge is 0.475 e. The molecule has 0 spiro atoms. The fraction of sp³-hybridized carbons (Fsp3) is 0.500. The highest BCUT2D eigenvalue weighted by atomic mass is 16.4. The molecule has 1 fully saturated rings. The molecule has 2 atom stereocenters. The number of urea groups is 1. The van der Waals surface area contributed by atoms with E-state index in [0.29, 0.717) is 19.5 Å². The highest BCUT2D eigenvalue weighted by molar-refractivity contribution is 5.97. The van der Waals surface area contributed by atoms with E-state index >= 15 is 0 Å². The van der Waals surface area contributed by atoms with E-state index in [0.717, 1.165) is 48.3 Å². The second-order valence-corrected chi connectivity index (χ2v) is 10.5. The minimum atomic E-state index is -1.28. The number of aryl methyl sites for hydroxylation is 1. The number of hydrogen-bond donors (Lipinski definition) is 2. The minimum absolute atomic E-state index is 0.0106. The molecule has 0 bridgehead atoms. The average molecular weight is 524 g/mol. The number of likely N-dealkylation sites (tertiary alicyclic amines) is 1. The van der Waals surface area contributed by atoms with E-state index in [2.05, 4.69) is 4.98 Å². The fourth-order valence-corrected chi connectivity index (χ4v) is 5.21. The first-order chi connectivity index (χ1) is 18.2. The molecule has 3 N–H and O–H groups in total. The van der Waals surface area contributed by atoms with E-state index < -0.39 is 30.0 Å². The molecule has 3 heterocycles. The third-order valence-electron chi connectivity index (χ3n) is 7.09. The van der Waals surface area contributed by atoms with Crippen LogP contribution in [0, 0.1) is 5.92 Å². The molecule has 1 aromatic carbocycles. The number of rotatable bonds is 8. The van der Waals surface area contributed by atoms with Gasteiger partial charge in [0.2, 0.25) is 17.6 Å². The maximum Gasteiger partial charge on any atom is 0.373 e. The van der Waals surface area contributed by atoms with Gasteiger partial charge in [0.1, 0.15) is 6.04 Å². The molecular formula is C28H37N5O5. The monoisotopic (exact) mass is 523 g/mol. The molecule has 3 aromatic rings. The first-order valence-electron chi connectivity index (χ1n) is 13.3. The van der Waals surface area contributed by atoms with Gasteiger partial charge in [0, 0.05) is 43.7 Å². The maximum atomic E-state index is 14.1. The summed E-state index contributed by atoms with van der Waals surface area (Å²) in [5.41, 5.74) is 8.23. The van der Waals surface area contributed by atoms with Gasteiger partial charge in [-0.25, -0.2) is 19.5 Å². The van der Waals surface area contributed by atoms with Gasteiger partial charge in [-0.15, -0.1) is 0 Å². The quantitative estimate of drug-likeness (QED) is 0.448. The molecule has 1 aliphatic rings. The Morgan fingerprint density at radius 1 is 1.13 bits per heavy atom. The van der Waals surface area contributed by atoms with Gasteiger partial charge in [-0.05, 0) is 36.8 Å². The molecule has 1 saturated heterocycles. The number of carbonyl (C=O) groups is 3. The average Bonchev–Trinajstić information content (AvgIpc) is 3.38. The topological polar surface area (TPSA) is 135 Å². The summed E-state index contributed by atoms with van der Waals surface area (Å²) in [6.07, 6.45) is 7.39. The number of hydrogen-bond acceptors (Lipinski definition) is 6. The summed E-state index contributed by atoms with van der Waals surface area (Å²) in [5.74, 6) is -2.03. The number of nitrogens with two attached hydrogens (primary N) is 1. The second kappa shape index (κ2) is 11.8. The van der Waals surface area contributed by atoms with Crippen LogP contribution in [0.1, 0.15) is 74.0 Å². The van der Waals surface area contributed by atoms with Crippen LogP contribution in [-0.2, 0) is 18.3 Å². The Bertz CT molecular complexity index is 1290. The number of carbonyl (C=O) groups excluding carboxylic acids is 2. The van der Waals surface area contributed by atoms with E-state index in [4.69, 9.17) is 10.2 Å². The first kappa shape index (κ1) is 27.4. The minimum Gasteiger partial charge on any atom is -0.475 e. The van der Waals surface area contributed by atoms with Crippen LogP contribution >= 0.6 is 0 Å². The van der Waals surface area contributed by atoms with Crippen LogP contribution in [0.15, 0.2) is 41.1 Å². The van der Waals surface area contributed by atoms with Gasteiger partial charge in [-0.2, -0.15) is 0 Å². The van der Waals surface area contributed by atoms with Gasteiger partial charge >= 0.3 is 12.0 Å². The standard InChI is InChI=1S/C28H37N5O5/c1-18(2)14-21(29)26(34)33(28(37)32-12-8-4-5-9-13-32)23(25-30-16-24(38-25)27(35)36)15-19-17-31(3)22-11-7-6-10-20(19)22/h6-7,10-11,16-18,21,23H,4-5,8-9,12-15,29H2,1-3H3,(H,35,36)/t21-,23+/m0/s1. The van der Waals surface area contributed by atoms with Crippen molar-refractivity contribution in [1.82, 2.24) is 19.4 Å². The summed E-state index contributed by atoms with van der Waals surface area (Å²) >= 11 is 0. The highest BCUT2D eigenvalue weighted by Gasteiger charge is 2.40. The van der Waals surface area contributed by atoms with E-state index in [1.165, 1.54) is 4.90 Å². The fourth-order valence-electron chi connectivity index (χ4n) is 5.21. The van der Waals surface area contributed by atoms with Gasteiger partial charge in [0.25, 0.3) is 0 Å². The predicted octanol–water partition coefficient (Wildman–Crippen LogP) is 4.35. The van der Waals surface area contributed by atoms with Crippen LogP contribution in [-0.4, -0.2) is 61.5 Å². The SMILES string of the molecule is CC(C)C[C@H](N)C(=O)N(C(=O)N1CCCCCC1)[C@H](Cc1cn(C)c2ccccc12)c1ncc(C(=O)O)o1. The van der Waals surface area contributed by atoms with Gasteiger partial charge < -0.3 is 24.7 Å². The van der Waals surface area contributed by atoms with Crippen molar-refractivity contribution in [2.75, 3.05) is 13.1 Å². The second-order valence-electron chi connectivity index (χ2n) is 10.5.